The summed E-state index contributed by atoms with van der Waals surface area (Å²) in [6.45, 7) is 8.24. The molecule has 6 nitrogen and oxygen atoms in total. The maximum Gasteiger partial charge on any atom is 0.497 e. The smallest absolute Gasteiger partial charge is 0.497 e. The van der Waals surface area contributed by atoms with Crippen LogP contribution in [-0.4, -0.2) is 66.3 Å². The Morgan fingerprint density at radius 3 is 2.29 bits per heavy atom. The van der Waals surface area contributed by atoms with E-state index in [4.69, 9.17) is 18.8 Å². The summed E-state index contributed by atoms with van der Waals surface area (Å²) in [5.74, 6) is -0.398. The highest BCUT2D eigenvalue weighted by atomic mass is 32.3. The molecule has 38 heavy (non-hydrogen) atoms. The Hall–Kier alpha value is -2.40. The van der Waals surface area contributed by atoms with Gasteiger partial charge in [0.15, 0.2) is 11.6 Å². The van der Waals surface area contributed by atoms with E-state index < -0.39 is 40.0 Å². The number of hydrogen-bond acceptors (Lipinski definition) is 5. The number of methoxy groups -OCH3 is 1. The molecule has 1 aliphatic heterocycles. The van der Waals surface area contributed by atoms with Crippen LogP contribution in [-0.2, 0) is 20.8 Å². The zero-order valence-electron chi connectivity index (χ0n) is 23.4. The third-order valence-corrected chi connectivity index (χ3v) is 8.54. The lowest BCUT2D eigenvalue weighted by Crippen LogP contribution is -2.41. The highest BCUT2D eigenvalue weighted by Gasteiger charge is 2.52. The second kappa shape index (κ2) is 10.6. The largest absolute Gasteiger partial charge is 0.497 e. The fraction of sp³-hybridized carbons (Fsp3) is 0.464. The zero-order chi connectivity index (χ0) is 27.9. The van der Waals surface area contributed by atoms with Gasteiger partial charge in [0.05, 0.1) is 36.8 Å². The molecule has 4 rings (SSSR count). The summed E-state index contributed by atoms with van der Waals surface area (Å²) in [5.41, 5.74) is 0.563. The lowest BCUT2D eigenvalue weighted by Gasteiger charge is -2.32. The minimum Gasteiger partial charge on any atom is -0.497 e. The molecule has 10 heteroatoms. The predicted molar refractivity (Wildman–Crippen MR) is 151 cm³/mol. The number of aromatic nitrogens is 2. The van der Waals surface area contributed by atoms with Crippen molar-refractivity contribution in [1.29, 1.82) is 0 Å². The average molecular weight is 546 g/mol. The van der Waals surface area contributed by atoms with Gasteiger partial charge in [0.1, 0.15) is 12.5 Å². The molecule has 1 aromatic heterocycles. The van der Waals surface area contributed by atoms with Crippen molar-refractivity contribution < 1.29 is 27.6 Å². The summed E-state index contributed by atoms with van der Waals surface area (Å²) in [4.78, 5) is 0. The Bertz CT molecular complexity index is 1290. The first-order valence-corrected chi connectivity index (χ1v) is 15.5. The van der Waals surface area contributed by atoms with Crippen molar-refractivity contribution in [3.63, 3.8) is 0 Å². The molecule has 1 fully saturated rings. The zero-order valence-corrected chi connectivity index (χ0v) is 24.2. The van der Waals surface area contributed by atoms with Crippen LogP contribution in [0.5, 0.6) is 5.75 Å². The van der Waals surface area contributed by atoms with Crippen LogP contribution in [0.2, 0.25) is 0 Å². The van der Waals surface area contributed by atoms with E-state index >= 15 is 8.78 Å². The molecule has 3 aromatic rings. The van der Waals surface area contributed by atoms with E-state index in [1.807, 2.05) is 52.0 Å². The maximum absolute atomic E-state index is 15.7. The van der Waals surface area contributed by atoms with E-state index in [2.05, 4.69) is 23.9 Å². The van der Waals surface area contributed by atoms with Crippen molar-refractivity contribution in [3.05, 3.63) is 54.2 Å². The van der Waals surface area contributed by atoms with Gasteiger partial charge in [-0.3, -0.25) is 0 Å². The average Bonchev–Trinajstić information content (AvgIpc) is 3.34. The fourth-order valence-electron chi connectivity index (χ4n) is 4.14. The molecule has 0 aliphatic carbocycles. The second-order valence-corrected chi connectivity index (χ2v) is 16.0. The standard InChI is InChI=1S/C28H37BF2N2O4S/c1-27(2)28(3,4)37-29(36-27)23-13-12-21(24(30)25(23)31)22-17-32-33(18-35-14-15-38(6,7)8)26(22)19-10-9-11-20(16-19)34-5/h9-13,16-17H,14-15,18H2,1-8H3. The van der Waals surface area contributed by atoms with Gasteiger partial charge in [0.2, 0.25) is 0 Å². The minimum atomic E-state index is -1.01. The van der Waals surface area contributed by atoms with Gasteiger partial charge in [-0.1, -0.05) is 24.3 Å². The number of halogens is 2. The van der Waals surface area contributed by atoms with Crippen molar-refractivity contribution in [2.24, 2.45) is 0 Å². The Morgan fingerprint density at radius 1 is 0.974 bits per heavy atom. The van der Waals surface area contributed by atoms with Crippen LogP contribution in [0.4, 0.5) is 8.78 Å². The van der Waals surface area contributed by atoms with Crippen LogP contribution >= 0.6 is 10.0 Å². The van der Waals surface area contributed by atoms with Crippen molar-refractivity contribution in [3.8, 4) is 28.1 Å². The Morgan fingerprint density at radius 2 is 1.66 bits per heavy atom. The van der Waals surface area contributed by atoms with Crippen LogP contribution in [0.1, 0.15) is 27.7 Å². The summed E-state index contributed by atoms with van der Waals surface area (Å²) in [5, 5.41) is 4.49. The minimum absolute atomic E-state index is 0.0215. The first-order chi connectivity index (χ1) is 17.7. The van der Waals surface area contributed by atoms with Crippen molar-refractivity contribution >= 4 is 22.6 Å². The normalized spacial score (nSPS) is 17.2. The van der Waals surface area contributed by atoms with Crippen molar-refractivity contribution in [2.45, 2.75) is 45.6 Å². The highest BCUT2D eigenvalue weighted by molar-refractivity contribution is 8.32. The first kappa shape index (κ1) is 28.6. The van der Waals surface area contributed by atoms with E-state index in [9.17, 15) is 0 Å². The van der Waals surface area contributed by atoms with Crippen LogP contribution in [0.3, 0.4) is 0 Å². The summed E-state index contributed by atoms with van der Waals surface area (Å²) in [6.07, 6.45) is 8.23. The molecule has 0 bridgehead atoms. The molecule has 0 saturated carbocycles. The lowest BCUT2D eigenvalue weighted by atomic mass is 9.77. The number of rotatable bonds is 9. The predicted octanol–water partition coefficient (Wildman–Crippen LogP) is 5.47. The SMILES string of the molecule is COc1cccc(-c2c(-c3ccc(B4OC(C)(C)C(C)(C)O4)c(F)c3F)cnn2COCCS(C)(C)C)c1. The van der Waals surface area contributed by atoms with Gasteiger partial charge in [-0.2, -0.15) is 5.10 Å². The molecule has 2 heterocycles. The van der Waals surface area contributed by atoms with Gasteiger partial charge in [0, 0.05) is 27.9 Å². The van der Waals surface area contributed by atoms with Crippen molar-refractivity contribution in [2.75, 3.05) is 38.2 Å². The molecule has 0 spiro atoms. The molecule has 0 atom stereocenters. The van der Waals surface area contributed by atoms with Gasteiger partial charge in [-0.05, 0) is 58.6 Å². The van der Waals surface area contributed by atoms with Crippen LogP contribution in [0.25, 0.3) is 22.4 Å². The number of benzene rings is 2. The van der Waals surface area contributed by atoms with E-state index in [0.717, 1.165) is 11.3 Å². The second-order valence-electron chi connectivity index (χ2n) is 11.4. The van der Waals surface area contributed by atoms with Crippen molar-refractivity contribution in [1.82, 2.24) is 9.78 Å². The Kier molecular flexibility index (Phi) is 8.01. The molecule has 206 valence electrons. The summed E-state index contributed by atoms with van der Waals surface area (Å²) < 4.78 is 56.1. The van der Waals surface area contributed by atoms with E-state index in [1.165, 1.54) is 6.07 Å². The molecule has 0 N–H and O–H groups in total. The monoisotopic (exact) mass is 546 g/mol. The van der Waals surface area contributed by atoms with E-state index in [0.29, 0.717) is 23.6 Å². The Balaban J connectivity index is 1.72. The summed E-state index contributed by atoms with van der Waals surface area (Å²) >= 11 is 0. The quantitative estimate of drug-likeness (QED) is 0.263. The molecule has 2 aromatic carbocycles. The molecule has 0 radical (unpaired) electrons. The van der Waals surface area contributed by atoms with Gasteiger partial charge in [-0.25, -0.2) is 23.5 Å². The molecular weight excluding hydrogens is 509 g/mol. The fourth-order valence-corrected chi connectivity index (χ4v) is 4.76. The molecule has 0 amide bonds. The number of ether oxygens (including phenoxy) is 2. The van der Waals surface area contributed by atoms with Crippen LogP contribution < -0.4 is 10.2 Å². The summed E-state index contributed by atoms with van der Waals surface area (Å²) in [7, 11) is -0.136. The molecule has 1 aliphatic rings. The van der Waals surface area contributed by atoms with Gasteiger partial charge < -0.3 is 18.8 Å². The molecular formula is C28H37BF2N2O4S. The third-order valence-electron chi connectivity index (χ3n) is 7.15. The first-order valence-electron chi connectivity index (χ1n) is 12.5. The third kappa shape index (κ3) is 5.78. The van der Waals surface area contributed by atoms with Crippen LogP contribution in [0.15, 0.2) is 42.6 Å². The lowest BCUT2D eigenvalue weighted by molar-refractivity contribution is 0.00578. The van der Waals surface area contributed by atoms with Gasteiger partial charge in [0.25, 0.3) is 0 Å². The topological polar surface area (TPSA) is 54.7 Å². The summed E-state index contributed by atoms with van der Waals surface area (Å²) in [6, 6.07) is 10.5. The van der Waals surface area contributed by atoms with Gasteiger partial charge >= 0.3 is 7.12 Å². The molecule has 0 unspecified atom stereocenters. The number of hydrogen-bond donors (Lipinski definition) is 0. The van der Waals surface area contributed by atoms with E-state index in [-0.39, 0.29) is 17.8 Å². The highest BCUT2D eigenvalue weighted by Crippen LogP contribution is 2.39. The molecule has 1 saturated heterocycles. The van der Waals surface area contributed by atoms with E-state index in [1.54, 1.807) is 24.1 Å². The van der Waals surface area contributed by atoms with Gasteiger partial charge in [-0.15, -0.1) is 0 Å². The Labute approximate surface area is 226 Å². The number of nitrogens with zero attached hydrogens (tertiary/aromatic N) is 2. The maximum atomic E-state index is 15.7. The van der Waals surface area contributed by atoms with Crippen LogP contribution in [0, 0.1) is 11.6 Å².